The third kappa shape index (κ3) is 4.64. The van der Waals surface area contributed by atoms with E-state index in [0.29, 0.717) is 13.1 Å². The van der Waals surface area contributed by atoms with Crippen LogP contribution in [0.25, 0.3) is 0 Å². The normalized spacial score (nSPS) is 20.4. The molecule has 158 valence electrons. The van der Waals surface area contributed by atoms with Crippen molar-refractivity contribution >= 4 is 23.6 Å². The quantitative estimate of drug-likeness (QED) is 0.272. The molecule has 4 amide bonds. The Morgan fingerprint density at radius 1 is 0.464 bits per heavy atom. The van der Waals surface area contributed by atoms with E-state index in [9.17, 15) is 19.2 Å². The highest BCUT2D eigenvalue weighted by molar-refractivity contribution is 6.21. The van der Waals surface area contributed by atoms with Crippen molar-refractivity contribution in [1.29, 1.82) is 0 Å². The third-order valence-electron chi connectivity index (χ3n) is 6.13. The van der Waals surface area contributed by atoms with Gasteiger partial charge in [0, 0.05) is 13.1 Å². The molecule has 2 heterocycles. The first kappa shape index (κ1) is 22.6. The summed E-state index contributed by atoms with van der Waals surface area (Å²) in [5.41, 5.74) is -1.59. The van der Waals surface area contributed by atoms with Crippen LogP contribution in [0.15, 0.2) is 0 Å². The lowest BCUT2D eigenvalue weighted by Gasteiger charge is -2.41. The van der Waals surface area contributed by atoms with E-state index in [1.54, 1.807) is 27.7 Å². The molecule has 0 aromatic rings. The largest absolute Gasteiger partial charge is 0.281 e. The van der Waals surface area contributed by atoms with Gasteiger partial charge in [0.05, 0.1) is 0 Å². The number of likely N-dealkylation sites (tertiary alicyclic amines) is 2. The minimum atomic E-state index is -0.795. The van der Waals surface area contributed by atoms with Gasteiger partial charge in [0.15, 0.2) is 0 Å². The predicted octanol–water partition coefficient (Wildman–Crippen LogP) is 3.68. The summed E-state index contributed by atoms with van der Waals surface area (Å²) >= 11 is 0. The van der Waals surface area contributed by atoms with E-state index >= 15 is 0 Å². The van der Waals surface area contributed by atoms with Gasteiger partial charge in [-0.1, -0.05) is 51.4 Å². The SMILES string of the molecule is CC1(C)C(=O)N(CCCCCCCCCCCCN2C(=O)C(C)(C)C2=O)C1=O. The molecule has 0 aromatic heterocycles. The lowest BCUT2D eigenvalue weighted by molar-refractivity contribution is -0.175. The summed E-state index contributed by atoms with van der Waals surface area (Å²) in [5.74, 6) is -0.152. The molecule has 2 rings (SSSR count). The van der Waals surface area contributed by atoms with Gasteiger partial charge in [0.2, 0.25) is 23.6 Å². The number of hydrogen-bond acceptors (Lipinski definition) is 4. The molecule has 0 aromatic carbocycles. The van der Waals surface area contributed by atoms with Crippen molar-refractivity contribution in [1.82, 2.24) is 9.80 Å². The van der Waals surface area contributed by atoms with Gasteiger partial charge in [0.1, 0.15) is 10.8 Å². The summed E-state index contributed by atoms with van der Waals surface area (Å²) in [5, 5.41) is 0. The molecule has 0 aliphatic carbocycles. The first-order valence-corrected chi connectivity index (χ1v) is 10.8. The second-order valence-electron chi connectivity index (χ2n) is 9.31. The zero-order chi connectivity index (χ0) is 20.9. The zero-order valence-corrected chi connectivity index (χ0v) is 18.0. The number of β-lactam (4-membered cyclic amide) rings is 4. The fourth-order valence-corrected chi connectivity index (χ4v) is 3.97. The maximum absolute atomic E-state index is 11.8. The zero-order valence-electron chi connectivity index (χ0n) is 18.0. The average molecular weight is 393 g/mol. The average Bonchev–Trinajstić information content (AvgIpc) is 2.67. The summed E-state index contributed by atoms with van der Waals surface area (Å²) < 4.78 is 0. The molecule has 0 N–H and O–H groups in total. The van der Waals surface area contributed by atoms with Gasteiger partial charge in [-0.15, -0.1) is 0 Å². The molecular formula is C22H36N2O4. The van der Waals surface area contributed by atoms with Crippen LogP contribution >= 0.6 is 0 Å². The number of hydrogen-bond donors (Lipinski definition) is 0. The minimum Gasteiger partial charge on any atom is -0.281 e. The molecule has 6 nitrogen and oxygen atoms in total. The van der Waals surface area contributed by atoms with Crippen molar-refractivity contribution in [2.45, 2.75) is 91.9 Å². The second kappa shape index (κ2) is 9.19. The Kier molecular flexibility index (Phi) is 7.40. The molecule has 6 heteroatoms. The Morgan fingerprint density at radius 2 is 0.679 bits per heavy atom. The van der Waals surface area contributed by atoms with Crippen molar-refractivity contribution in [2.75, 3.05) is 13.1 Å². The summed E-state index contributed by atoms with van der Waals surface area (Å²) in [4.78, 5) is 50.0. The van der Waals surface area contributed by atoms with Crippen molar-refractivity contribution in [3.8, 4) is 0 Å². The number of carbonyl (C=O) groups excluding carboxylic acids is 4. The van der Waals surface area contributed by atoms with Crippen LogP contribution in [0, 0.1) is 10.8 Å². The lowest BCUT2D eigenvalue weighted by atomic mass is 9.81. The van der Waals surface area contributed by atoms with Crippen LogP contribution in [-0.4, -0.2) is 46.5 Å². The third-order valence-corrected chi connectivity index (χ3v) is 6.13. The summed E-state index contributed by atoms with van der Waals surface area (Å²) in [6.45, 7) is 7.91. The van der Waals surface area contributed by atoms with Crippen LogP contribution in [-0.2, 0) is 19.2 Å². The fraction of sp³-hybridized carbons (Fsp3) is 0.818. The number of imide groups is 2. The Hall–Kier alpha value is -1.72. The van der Waals surface area contributed by atoms with E-state index in [0.717, 1.165) is 38.5 Å². The molecule has 0 saturated carbocycles. The van der Waals surface area contributed by atoms with Crippen LogP contribution in [0.5, 0.6) is 0 Å². The second-order valence-corrected chi connectivity index (χ2v) is 9.31. The molecule has 2 aliphatic heterocycles. The van der Waals surface area contributed by atoms with E-state index in [4.69, 9.17) is 0 Å². The number of unbranched alkanes of at least 4 members (excludes halogenated alkanes) is 9. The van der Waals surface area contributed by atoms with Crippen molar-refractivity contribution < 1.29 is 19.2 Å². The number of carbonyl (C=O) groups is 4. The molecule has 0 radical (unpaired) electrons. The lowest BCUT2D eigenvalue weighted by Crippen LogP contribution is -2.63. The first-order chi connectivity index (χ1) is 13.1. The molecule has 2 aliphatic rings. The maximum Gasteiger partial charge on any atom is 0.244 e. The van der Waals surface area contributed by atoms with Gasteiger partial charge >= 0.3 is 0 Å². The van der Waals surface area contributed by atoms with E-state index in [2.05, 4.69) is 0 Å². The van der Waals surface area contributed by atoms with E-state index in [1.807, 2.05) is 0 Å². The monoisotopic (exact) mass is 392 g/mol. The molecule has 0 spiro atoms. The van der Waals surface area contributed by atoms with Gasteiger partial charge in [-0.25, -0.2) is 0 Å². The number of rotatable bonds is 13. The van der Waals surface area contributed by atoms with Gasteiger partial charge < -0.3 is 0 Å². The van der Waals surface area contributed by atoms with Gasteiger partial charge in [0.25, 0.3) is 0 Å². The summed E-state index contributed by atoms with van der Waals surface area (Å²) in [6, 6.07) is 0. The minimum absolute atomic E-state index is 0.0379. The molecule has 2 fully saturated rings. The Balaban J connectivity index is 1.36. The fourth-order valence-electron chi connectivity index (χ4n) is 3.97. The van der Waals surface area contributed by atoms with E-state index in [-0.39, 0.29) is 23.6 Å². The van der Waals surface area contributed by atoms with Crippen molar-refractivity contribution in [3.05, 3.63) is 0 Å². The van der Waals surface area contributed by atoms with Gasteiger partial charge in [-0.3, -0.25) is 29.0 Å². The van der Waals surface area contributed by atoms with Crippen molar-refractivity contribution in [2.24, 2.45) is 10.8 Å². The smallest absolute Gasteiger partial charge is 0.244 e. The number of amides is 4. The maximum atomic E-state index is 11.8. The van der Waals surface area contributed by atoms with Crippen LogP contribution in [0.3, 0.4) is 0 Å². The summed E-state index contributed by atoms with van der Waals surface area (Å²) in [6.07, 6.45) is 11.0. The first-order valence-electron chi connectivity index (χ1n) is 10.8. The molecule has 2 saturated heterocycles. The Labute approximate surface area is 169 Å². The standard InChI is InChI=1S/C22H36N2O4/c1-21(2)17(25)23(18(21)26)15-13-11-9-7-5-6-8-10-12-14-16-24-19(27)22(3,4)20(24)28/h5-16H2,1-4H3. The van der Waals surface area contributed by atoms with Crippen LogP contribution in [0.1, 0.15) is 91.9 Å². The number of nitrogens with zero attached hydrogens (tertiary/aromatic N) is 2. The van der Waals surface area contributed by atoms with Crippen LogP contribution in [0.4, 0.5) is 0 Å². The van der Waals surface area contributed by atoms with Crippen LogP contribution in [0.2, 0.25) is 0 Å². The predicted molar refractivity (Wildman–Crippen MR) is 107 cm³/mol. The highest BCUT2D eigenvalue weighted by atomic mass is 16.2. The van der Waals surface area contributed by atoms with Gasteiger partial charge in [-0.2, -0.15) is 0 Å². The topological polar surface area (TPSA) is 74.8 Å². The highest BCUT2D eigenvalue weighted by Gasteiger charge is 2.54. The van der Waals surface area contributed by atoms with E-state index in [1.165, 1.54) is 35.5 Å². The van der Waals surface area contributed by atoms with Crippen molar-refractivity contribution in [3.63, 3.8) is 0 Å². The molecule has 0 bridgehead atoms. The Morgan fingerprint density at radius 3 is 0.929 bits per heavy atom. The molecule has 0 atom stereocenters. The highest BCUT2D eigenvalue weighted by Crippen LogP contribution is 2.33. The molecule has 0 unspecified atom stereocenters. The van der Waals surface area contributed by atoms with E-state index < -0.39 is 10.8 Å². The molecular weight excluding hydrogens is 356 g/mol. The van der Waals surface area contributed by atoms with Crippen LogP contribution < -0.4 is 0 Å². The van der Waals surface area contributed by atoms with Gasteiger partial charge in [-0.05, 0) is 40.5 Å². The molecule has 28 heavy (non-hydrogen) atoms. The Bertz CT molecular complexity index is 534. The summed E-state index contributed by atoms with van der Waals surface area (Å²) in [7, 11) is 0.